The molecule has 4 rings (SSSR count). The molecule has 3 saturated heterocycles. The van der Waals surface area contributed by atoms with E-state index in [0.29, 0.717) is 17.9 Å². The Bertz CT molecular complexity index is 532. The van der Waals surface area contributed by atoms with Gasteiger partial charge in [-0.25, -0.2) is 0 Å². The average Bonchev–Trinajstić information content (AvgIpc) is 3.25. The van der Waals surface area contributed by atoms with Crippen molar-refractivity contribution in [1.82, 2.24) is 4.90 Å². The van der Waals surface area contributed by atoms with E-state index in [0.717, 1.165) is 70.5 Å². The second-order valence-corrected chi connectivity index (χ2v) is 7.58. The summed E-state index contributed by atoms with van der Waals surface area (Å²) in [6.45, 7) is 10.3. The van der Waals surface area contributed by atoms with Crippen LogP contribution in [0.15, 0.2) is 10.5 Å². The minimum Gasteiger partial charge on any atom is -0.465 e. The average molecular weight is 335 g/mol. The molecule has 5 heteroatoms. The Labute approximate surface area is 144 Å². The number of hydrogen-bond acceptors (Lipinski definition) is 5. The predicted molar refractivity (Wildman–Crippen MR) is 90.0 cm³/mol. The van der Waals surface area contributed by atoms with Gasteiger partial charge in [-0.2, -0.15) is 0 Å². The van der Waals surface area contributed by atoms with Crippen molar-refractivity contribution in [2.45, 2.75) is 45.4 Å². The third-order valence-corrected chi connectivity index (χ3v) is 5.92. The summed E-state index contributed by atoms with van der Waals surface area (Å²) >= 11 is 0. The first kappa shape index (κ1) is 16.6. The fraction of sp³-hybridized carbons (Fsp3) is 0.789. The molecule has 3 aliphatic rings. The molecule has 24 heavy (non-hydrogen) atoms. The summed E-state index contributed by atoms with van der Waals surface area (Å²) in [6, 6.07) is 2.63. The smallest absolute Gasteiger partial charge is 0.118 e. The Hall–Kier alpha value is -0.880. The van der Waals surface area contributed by atoms with E-state index in [1.165, 1.54) is 5.56 Å². The lowest BCUT2D eigenvalue weighted by atomic mass is 10.00. The highest BCUT2D eigenvalue weighted by Gasteiger charge is 2.46. The van der Waals surface area contributed by atoms with E-state index in [4.69, 9.17) is 18.6 Å². The van der Waals surface area contributed by atoms with E-state index in [2.05, 4.69) is 17.9 Å². The van der Waals surface area contributed by atoms with Crippen molar-refractivity contribution in [3.8, 4) is 0 Å². The second kappa shape index (κ2) is 7.16. The zero-order chi connectivity index (χ0) is 16.5. The molecule has 3 aliphatic heterocycles. The van der Waals surface area contributed by atoms with Gasteiger partial charge in [-0.05, 0) is 44.2 Å². The lowest BCUT2D eigenvalue weighted by Gasteiger charge is -2.25. The first-order chi connectivity index (χ1) is 11.7. The van der Waals surface area contributed by atoms with Gasteiger partial charge in [0.2, 0.25) is 0 Å². The van der Waals surface area contributed by atoms with Gasteiger partial charge in [0.05, 0.1) is 32.5 Å². The number of fused-ring (bicyclic) bond motifs is 1. The van der Waals surface area contributed by atoms with Gasteiger partial charge in [-0.3, -0.25) is 4.90 Å². The summed E-state index contributed by atoms with van der Waals surface area (Å²) < 4.78 is 23.4. The summed E-state index contributed by atoms with van der Waals surface area (Å²) in [6.07, 6.45) is 2.55. The molecule has 0 aromatic carbocycles. The van der Waals surface area contributed by atoms with Gasteiger partial charge in [0, 0.05) is 31.7 Å². The SMILES string of the molecule is Cc1cc(CN2C[C@@H](OCC3CCOCC3)[C@@H]3COC[C@@H]32)oc1C. The van der Waals surface area contributed by atoms with E-state index in [-0.39, 0.29) is 6.10 Å². The van der Waals surface area contributed by atoms with Crippen LogP contribution in [0, 0.1) is 25.7 Å². The lowest BCUT2D eigenvalue weighted by molar-refractivity contribution is -0.0260. The Balaban J connectivity index is 1.36. The first-order valence-electron chi connectivity index (χ1n) is 9.28. The molecular formula is C19H29NO4. The zero-order valence-corrected chi connectivity index (χ0v) is 14.8. The highest BCUT2D eigenvalue weighted by Crippen LogP contribution is 2.34. The normalized spacial score (nSPS) is 31.7. The Kier molecular flexibility index (Phi) is 4.95. The summed E-state index contributed by atoms with van der Waals surface area (Å²) in [4.78, 5) is 2.49. The van der Waals surface area contributed by atoms with Crippen molar-refractivity contribution in [3.05, 3.63) is 23.2 Å². The molecule has 3 fully saturated rings. The van der Waals surface area contributed by atoms with Crippen LogP contribution >= 0.6 is 0 Å². The van der Waals surface area contributed by atoms with E-state index < -0.39 is 0 Å². The van der Waals surface area contributed by atoms with E-state index in [1.807, 2.05) is 6.92 Å². The molecule has 1 aromatic heterocycles. The molecule has 134 valence electrons. The largest absolute Gasteiger partial charge is 0.465 e. The third-order valence-electron chi connectivity index (χ3n) is 5.92. The van der Waals surface area contributed by atoms with Crippen molar-refractivity contribution in [1.29, 1.82) is 0 Å². The molecule has 0 spiro atoms. The summed E-state index contributed by atoms with van der Waals surface area (Å²) in [7, 11) is 0. The maximum absolute atomic E-state index is 6.35. The number of likely N-dealkylation sites (tertiary alicyclic amines) is 1. The van der Waals surface area contributed by atoms with Crippen LogP contribution in [0.5, 0.6) is 0 Å². The molecule has 0 N–H and O–H groups in total. The molecule has 1 aromatic rings. The second-order valence-electron chi connectivity index (χ2n) is 7.58. The van der Waals surface area contributed by atoms with Gasteiger partial charge in [0.1, 0.15) is 11.5 Å². The number of nitrogens with zero attached hydrogens (tertiary/aromatic N) is 1. The molecule has 0 bridgehead atoms. The monoisotopic (exact) mass is 335 g/mol. The van der Waals surface area contributed by atoms with Gasteiger partial charge in [-0.1, -0.05) is 0 Å². The van der Waals surface area contributed by atoms with Crippen LogP contribution in [0.25, 0.3) is 0 Å². The molecule has 0 saturated carbocycles. The number of aryl methyl sites for hydroxylation is 2. The summed E-state index contributed by atoms with van der Waals surface area (Å²) in [5.74, 6) is 3.24. The minimum absolute atomic E-state index is 0.289. The van der Waals surface area contributed by atoms with Crippen molar-refractivity contribution >= 4 is 0 Å². The van der Waals surface area contributed by atoms with Gasteiger partial charge in [-0.15, -0.1) is 0 Å². The topological polar surface area (TPSA) is 44.1 Å². The highest BCUT2D eigenvalue weighted by atomic mass is 16.5. The fourth-order valence-electron chi connectivity index (χ4n) is 4.25. The first-order valence-corrected chi connectivity index (χ1v) is 9.28. The van der Waals surface area contributed by atoms with Crippen molar-refractivity contribution in [3.63, 3.8) is 0 Å². The molecule has 3 atom stereocenters. The van der Waals surface area contributed by atoms with Crippen LogP contribution in [-0.2, 0) is 20.8 Å². The van der Waals surface area contributed by atoms with Gasteiger partial charge in [0.15, 0.2) is 0 Å². The van der Waals surface area contributed by atoms with E-state index in [1.54, 1.807) is 0 Å². The van der Waals surface area contributed by atoms with Crippen molar-refractivity contribution in [2.24, 2.45) is 11.8 Å². The number of ether oxygens (including phenoxy) is 3. The van der Waals surface area contributed by atoms with E-state index in [9.17, 15) is 0 Å². The standard InChI is InChI=1S/C19H29NO4/c1-13-7-16(24-14(13)2)8-20-9-19(17-11-22-12-18(17)20)23-10-15-3-5-21-6-4-15/h7,15,17-19H,3-6,8-12H2,1-2H3/t17-,18+,19-/m1/s1. The van der Waals surface area contributed by atoms with Crippen LogP contribution < -0.4 is 0 Å². The minimum atomic E-state index is 0.289. The molecular weight excluding hydrogens is 306 g/mol. The van der Waals surface area contributed by atoms with Crippen LogP contribution in [0.3, 0.4) is 0 Å². The van der Waals surface area contributed by atoms with Crippen molar-refractivity contribution in [2.75, 3.05) is 39.6 Å². The summed E-state index contributed by atoms with van der Waals surface area (Å²) in [5.41, 5.74) is 1.23. The van der Waals surface area contributed by atoms with Gasteiger partial charge in [0.25, 0.3) is 0 Å². The Morgan fingerprint density at radius 1 is 1.17 bits per heavy atom. The zero-order valence-electron chi connectivity index (χ0n) is 14.8. The maximum Gasteiger partial charge on any atom is 0.118 e. The van der Waals surface area contributed by atoms with Gasteiger partial charge < -0.3 is 18.6 Å². The molecule has 4 heterocycles. The summed E-state index contributed by atoms with van der Waals surface area (Å²) in [5, 5.41) is 0. The molecule has 0 amide bonds. The molecule has 5 nitrogen and oxygen atoms in total. The van der Waals surface area contributed by atoms with Crippen LogP contribution in [0.4, 0.5) is 0 Å². The van der Waals surface area contributed by atoms with Crippen LogP contribution in [-0.4, -0.2) is 56.6 Å². The molecule has 0 radical (unpaired) electrons. The van der Waals surface area contributed by atoms with Crippen LogP contribution in [0.2, 0.25) is 0 Å². The number of rotatable bonds is 5. The lowest BCUT2D eigenvalue weighted by Crippen LogP contribution is -2.32. The van der Waals surface area contributed by atoms with Crippen molar-refractivity contribution < 1.29 is 18.6 Å². The third kappa shape index (κ3) is 3.40. The molecule has 0 aliphatic carbocycles. The quantitative estimate of drug-likeness (QED) is 0.827. The Morgan fingerprint density at radius 3 is 2.75 bits per heavy atom. The van der Waals surface area contributed by atoms with Gasteiger partial charge >= 0.3 is 0 Å². The Morgan fingerprint density at radius 2 is 2.00 bits per heavy atom. The maximum atomic E-state index is 6.35. The van der Waals surface area contributed by atoms with Crippen LogP contribution in [0.1, 0.15) is 29.9 Å². The predicted octanol–water partition coefficient (Wildman–Crippen LogP) is 2.54. The van der Waals surface area contributed by atoms with E-state index >= 15 is 0 Å². The fourth-order valence-corrected chi connectivity index (χ4v) is 4.25. The molecule has 0 unspecified atom stereocenters. The number of hydrogen-bond donors (Lipinski definition) is 0. The number of furan rings is 1. The highest BCUT2D eigenvalue weighted by molar-refractivity contribution is 5.19.